The van der Waals surface area contributed by atoms with Crippen LogP contribution in [0.3, 0.4) is 0 Å². The third kappa shape index (κ3) is 8.14. The maximum Gasteiger partial charge on any atom is 0.133 e. The van der Waals surface area contributed by atoms with Crippen LogP contribution in [0.2, 0.25) is 0 Å². The molecule has 0 aliphatic carbocycles. The Balaban J connectivity index is 1.76. The molecule has 4 nitrogen and oxygen atoms in total. The van der Waals surface area contributed by atoms with Crippen molar-refractivity contribution >= 4 is 0 Å². The van der Waals surface area contributed by atoms with Crippen molar-refractivity contribution in [1.29, 1.82) is 5.26 Å². The molecule has 0 N–H and O–H groups in total. The fourth-order valence-electron chi connectivity index (χ4n) is 1.88. The molecule has 1 fully saturated rings. The number of rotatable bonds is 9. The molecule has 1 saturated heterocycles. The smallest absolute Gasteiger partial charge is 0.133 e. The second kappa shape index (κ2) is 10.5. The summed E-state index contributed by atoms with van der Waals surface area (Å²) in [5, 5.41) is 8.25. The van der Waals surface area contributed by atoms with Crippen molar-refractivity contribution in [2.24, 2.45) is 0 Å². The molecule has 4 heteroatoms. The van der Waals surface area contributed by atoms with Gasteiger partial charge in [0, 0.05) is 26.4 Å². The van der Waals surface area contributed by atoms with Gasteiger partial charge in [0.05, 0.1) is 12.2 Å². The van der Waals surface area contributed by atoms with E-state index in [1.54, 1.807) is 0 Å². The summed E-state index contributed by atoms with van der Waals surface area (Å²) >= 11 is 0. The SMILES string of the molecule is N#CCOCCCCOCCC1CCCCO1. The van der Waals surface area contributed by atoms with Crippen molar-refractivity contribution in [2.75, 3.05) is 33.0 Å². The van der Waals surface area contributed by atoms with Crippen LogP contribution in [-0.4, -0.2) is 39.1 Å². The zero-order valence-corrected chi connectivity index (χ0v) is 10.5. The Kier molecular flexibility index (Phi) is 8.93. The number of unbranched alkanes of at least 4 members (excludes halogenated alkanes) is 1. The van der Waals surface area contributed by atoms with E-state index < -0.39 is 0 Å². The Hall–Kier alpha value is -0.630. The quantitative estimate of drug-likeness (QED) is 0.581. The fraction of sp³-hybridized carbons (Fsp3) is 0.923. The molecule has 1 unspecified atom stereocenters. The average Bonchev–Trinajstić information content (AvgIpc) is 2.38. The minimum absolute atomic E-state index is 0.194. The van der Waals surface area contributed by atoms with Crippen LogP contribution in [-0.2, 0) is 14.2 Å². The van der Waals surface area contributed by atoms with E-state index in [0.717, 1.165) is 39.1 Å². The summed E-state index contributed by atoms with van der Waals surface area (Å²) in [4.78, 5) is 0. The summed E-state index contributed by atoms with van der Waals surface area (Å²) in [6, 6.07) is 1.95. The van der Waals surface area contributed by atoms with Crippen molar-refractivity contribution in [3.05, 3.63) is 0 Å². The zero-order chi connectivity index (χ0) is 12.2. The highest BCUT2D eigenvalue weighted by molar-refractivity contribution is 4.66. The number of ether oxygens (including phenoxy) is 3. The van der Waals surface area contributed by atoms with E-state index in [0.29, 0.717) is 12.7 Å². The number of nitrogens with zero attached hydrogens (tertiary/aromatic N) is 1. The first kappa shape index (κ1) is 14.4. The second-order valence-corrected chi connectivity index (χ2v) is 4.31. The van der Waals surface area contributed by atoms with Crippen LogP contribution < -0.4 is 0 Å². The lowest BCUT2D eigenvalue weighted by atomic mass is 10.1. The molecule has 0 spiro atoms. The molecule has 1 aliphatic heterocycles. The van der Waals surface area contributed by atoms with Crippen LogP contribution in [0.25, 0.3) is 0 Å². The van der Waals surface area contributed by atoms with Crippen LogP contribution in [0.15, 0.2) is 0 Å². The molecule has 0 bridgehead atoms. The molecular weight excluding hydrogens is 218 g/mol. The van der Waals surface area contributed by atoms with Gasteiger partial charge in [-0.25, -0.2) is 0 Å². The van der Waals surface area contributed by atoms with E-state index in [4.69, 9.17) is 19.5 Å². The van der Waals surface area contributed by atoms with Crippen LogP contribution in [0.1, 0.15) is 38.5 Å². The molecule has 0 aromatic rings. The molecule has 0 saturated carbocycles. The minimum Gasteiger partial charge on any atom is -0.381 e. The third-order valence-electron chi connectivity index (χ3n) is 2.85. The fourth-order valence-corrected chi connectivity index (χ4v) is 1.88. The average molecular weight is 241 g/mol. The predicted octanol–water partition coefficient (Wildman–Crippen LogP) is 2.28. The van der Waals surface area contributed by atoms with Crippen molar-refractivity contribution in [3.8, 4) is 6.07 Å². The molecule has 1 heterocycles. The Labute approximate surface area is 104 Å². The molecule has 98 valence electrons. The molecule has 0 radical (unpaired) electrons. The van der Waals surface area contributed by atoms with Gasteiger partial charge in [-0.1, -0.05) is 0 Å². The van der Waals surface area contributed by atoms with Gasteiger partial charge in [0.2, 0.25) is 0 Å². The number of nitriles is 1. The van der Waals surface area contributed by atoms with Crippen molar-refractivity contribution in [2.45, 2.75) is 44.6 Å². The first-order chi connectivity index (χ1) is 8.43. The summed E-state index contributed by atoms with van der Waals surface area (Å²) in [5.74, 6) is 0. The van der Waals surface area contributed by atoms with Crippen LogP contribution in [0, 0.1) is 11.3 Å². The Morgan fingerprint density at radius 3 is 2.65 bits per heavy atom. The lowest BCUT2D eigenvalue weighted by molar-refractivity contribution is -0.00818. The maximum absolute atomic E-state index is 8.25. The first-order valence-corrected chi connectivity index (χ1v) is 6.57. The maximum atomic E-state index is 8.25. The number of hydrogen-bond donors (Lipinski definition) is 0. The normalized spacial score (nSPS) is 20.1. The lowest BCUT2D eigenvalue weighted by Gasteiger charge is -2.22. The summed E-state index contributed by atoms with van der Waals surface area (Å²) in [6.07, 6.45) is 7.08. The standard InChI is InChI=1S/C13H23NO3/c14-7-12-16-9-4-3-8-15-11-6-13-5-1-2-10-17-13/h13H,1-6,8-12H2. The van der Waals surface area contributed by atoms with Crippen molar-refractivity contribution < 1.29 is 14.2 Å². The number of hydrogen-bond acceptors (Lipinski definition) is 4. The van der Waals surface area contributed by atoms with Crippen LogP contribution in [0.4, 0.5) is 0 Å². The minimum atomic E-state index is 0.194. The Morgan fingerprint density at radius 2 is 1.94 bits per heavy atom. The van der Waals surface area contributed by atoms with E-state index in [1.807, 2.05) is 6.07 Å². The predicted molar refractivity (Wildman–Crippen MR) is 64.7 cm³/mol. The highest BCUT2D eigenvalue weighted by Gasteiger charge is 2.12. The van der Waals surface area contributed by atoms with E-state index in [1.165, 1.54) is 19.3 Å². The van der Waals surface area contributed by atoms with Gasteiger partial charge in [-0.3, -0.25) is 0 Å². The van der Waals surface area contributed by atoms with Gasteiger partial charge >= 0.3 is 0 Å². The molecule has 1 atom stereocenters. The molecule has 0 aromatic carbocycles. The van der Waals surface area contributed by atoms with E-state index in [-0.39, 0.29) is 6.61 Å². The van der Waals surface area contributed by atoms with Crippen molar-refractivity contribution in [3.63, 3.8) is 0 Å². The van der Waals surface area contributed by atoms with Gasteiger partial charge in [-0.15, -0.1) is 0 Å². The molecule has 0 aromatic heterocycles. The molecule has 1 aliphatic rings. The molecular formula is C13H23NO3. The second-order valence-electron chi connectivity index (χ2n) is 4.31. The van der Waals surface area contributed by atoms with Gasteiger partial charge in [0.15, 0.2) is 0 Å². The highest BCUT2D eigenvalue weighted by atomic mass is 16.5. The first-order valence-electron chi connectivity index (χ1n) is 6.57. The van der Waals surface area contributed by atoms with Crippen molar-refractivity contribution in [1.82, 2.24) is 0 Å². The monoisotopic (exact) mass is 241 g/mol. The topological polar surface area (TPSA) is 51.5 Å². The summed E-state index contributed by atoms with van der Waals surface area (Å²) in [5.41, 5.74) is 0. The summed E-state index contributed by atoms with van der Waals surface area (Å²) < 4.78 is 16.2. The summed E-state index contributed by atoms with van der Waals surface area (Å²) in [6.45, 7) is 3.34. The third-order valence-corrected chi connectivity index (χ3v) is 2.85. The molecule has 0 amide bonds. The molecule has 1 rings (SSSR count). The van der Waals surface area contributed by atoms with E-state index in [2.05, 4.69) is 0 Å². The Morgan fingerprint density at radius 1 is 1.12 bits per heavy atom. The van der Waals surface area contributed by atoms with E-state index >= 15 is 0 Å². The van der Waals surface area contributed by atoms with Gasteiger partial charge in [-0.2, -0.15) is 5.26 Å². The van der Waals surface area contributed by atoms with Gasteiger partial charge in [-0.05, 0) is 38.5 Å². The Bertz CT molecular complexity index is 209. The molecule has 17 heavy (non-hydrogen) atoms. The van der Waals surface area contributed by atoms with Gasteiger partial charge < -0.3 is 14.2 Å². The van der Waals surface area contributed by atoms with Crippen LogP contribution in [0.5, 0.6) is 0 Å². The van der Waals surface area contributed by atoms with Gasteiger partial charge in [0.1, 0.15) is 6.61 Å². The van der Waals surface area contributed by atoms with E-state index in [9.17, 15) is 0 Å². The zero-order valence-electron chi connectivity index (χ0n) is 10.5. The largest absolute Gasteiger partial charge is 0.381 e. The van der Waals surface area contributed by atoms with Crippen LogP contribution >= 0.6 is 0 Å². The summed E-state index contributed by atoms with van der Waals surface area (Å²) in [7, 11) is 0. The highest BCUT2D eigenvalue weighted by Crippen LogP contribution is 2.15. The lowest BCUT2D eigenvalue weighted by Crippen LogP contribution is -2.20. The van der Waals surface area contributed by atoms with Gasteiger partial charge in [0.25, 0.3) is 0 Å².